The van der Waals surface area contributed by atoms with Crippen molar-refractivity contribution < 1.29 is 148 Å². The van der Waals surface area contributed by atoms with Crippen LogP contribution in [0.1, 0.15) is 129 Å². The summed E-state index contributed by atoms with van der Waals surface area (Å²) in [6.45, 7) is 6.59. The number of benzene rings is 10. The van der Waals surface area contributed by atoms with Gasteiger partial charge in [0.05, 0.1) is 46.6 Å². The van der Waals surface area contributed by atoms with Crippen LogP contribution >= 0.6 is 0 Å². The number of aromatic carboxylic acids is 3. The number of anilines is 4. The average Bonchev–Trinajstić information content (AvgIpc) is 0.722. The maximum absolute atomic E-state index is 15.8. The van der Waals surface area contributed by atoms with Gasteiger partial charge in [-0.15, -0.1) is 0 Å². The highest BCUT2D eigenvalue weighted by molar-refractivity contribution is 6.60. The van der Waals surface area contributed by atoms with Crippen molar-refractivity contribution in [1.82, 2.24) is 5.32 Å². The highest BCUT2D eigenvalue weighted by Crippen LogP contribution is 2.59. The number of hydrogen-bond acceptors (Lipinski definition) is 17. The molecule has 656 valence electrons. The number of methoxy groups -OCH3 is 1. The van der Waals surface area contributed by atoms with Crippen molar-refractivity contribution in [2.75, 3.05) is 56.3 Å². The van der Waals surface area contributed by atoms with Crippen LogP contribution in [-0.4, -0.2) is 137 Å². The lowest BCUT2D eigenvalue weighted by Gasteiger charge is -2.38. The zero-order valence-corrected chi connectivity index (χ0v) is 67.8. The van der Waals surface area contributed by atoms with Gasteiger partial charge in [-0.2, -0.15) is 52.7 Å². The number of amides is 5. The summed E-state index contributed by atoms with van der Waals surface area (Å²) in [6.07, 6.45) is -25.7. The second-order valence-corrected chi connectivity index (χ2v) is 31.2. The molecular formula is C87H75F12N5O20Si. The number of carboxylic acid groups (broad SMARTS) is 3. The first-order valence-electron chi connectivity index (χ1n) is 37.2. The van der Waals surface area contributed by atoms with E-state index in [1.807, 2.05) is 0 Å². The van der Waals surface area contributed by atoms with Crippen molar-refractivity contribution in [2.24, 2.45) is 5.92 Å². The summed E-state index contributed by atoms with van der Waals surface area (Å²) in [5.74, 6) is -9.93. The molecule has 5 amide bonds. The van der Waals surface area contributed by atoms with Gasteiger partial charge in [0.2, 0.25) is 16.7 Å². The van der Waals surface area contributed by atoms with Crippen LogP contribution in [0.25, 0.3) is 0 Å². The van der Waals surface area contributed by atoms with Gasteiger partial charge in [0.15, 0.2) is 0 Å². The topological polar surface area (TPSA) is 340 Å². The largest absolute Gasteiger partial charge is 0.500 e. The zero-order valence-electron chi connectivity index (χ0n) is 66.8. The molecule has 0 fully saturated rings. The number of carbonyl (C=O) groups is 8. The van der Waals surface area contributed by atoms with E-state index in [9.17, 15) is 53.7 Å². The molecule has 0 heterocycles. The van der Waals surface area contributed by atoms with E-state index in [0.717, 1.165) is 12.1 Å². The molecule has 10 aromatic rings. The number of hydrogen-bond donors (Lipinski definition) is 8. The van der Waals surface area contributed by atoms with Crippen LogP contribution in [0.3, 0.4) is 0 Å². The van der Waals surface area contributed by atoms with E-state index in [-0.39, 0.29) is 124 Å². The molecule has 0 unspecified atom stereocenters. The van der Waals surface area contributed by atoms with Crippen LogP contribution in [-0.2, 0) is 28.9 Å². The Hall–Kier alpha value is -14.0. The molecule has 0 aliphatic carbocycles. The summed E-state index contributed by atoms with van der Waals surface area (Å²) in [4.78, 5) is 105. The lowest BCUT2D eigenvalue weighted by Crippen LogP contribution is -2.55. The van der Waals surface area contributed by atoms with Crippen molar-refractivity contribution in [3.05, 3.63) is 274 Å². The van der Waals surface area contributed by atoms with Crippen molar-refractivity contribution in [1.29, 1.82) is 0 Å². The van der Waals surface area contributed by atoms with Crippen molar-refractivity contribution in [2.45, 2.75) is 81.8 Å². The molecule has 0 aliphatic rings. The molecule has 0 aliphatic heterocycles. The summed E-state index contributed by atoms with van der Waals surface area (Å²) < 4.78 is 239. The fourth-order valence-corrected chi connectivity index (χ4v) is 14.8. The van der Waals surface area contributed by atoms with Gasteiger partial charge in [-0.1, -0.05) is 44.2 Å². The number of carbonyl (C=O) groups excluding carboxylic acids is 5. The predicted octanol–water partition coefficient (Wildman–Crippen LogP) is 19.9. The molecule has 25 nitrogen and oxygen atoms in total. The van der Waals surface area contributed by atoms with Crippen molar-refractivity contribution in [3.63, 3.8) is 0 Å². The molecule has 0 saturated carbocycles. The number of alkyl halides is 12. The minimum absolute atomic E-state index is 0.00390. The van der Waals surface area contributed by atoms with Crippen LogP contribution < -0.4 is 55.0 Å². The molecule has 10 rings (SSSR count). The molecule has 0 saturated heterocycles. The van der Waals surface area contributed by atoms with Crippen LogP contribution in [0.15, 0.2) is 212 Å². The zero-order chi connectivity index (χ0) is 91.5. The van der Waals surface area contributed by atoms with Gasteiger partial charge in [-0.3, -0.25) is 24.0 Å². The molecule has 0 aromatic heterocycles. The lowest BCUT2D eigenvalue weighted by molar-refractivity contribution is -0.290. The lowest BCUT2D eigenvalue weighted by atomic mass is 9.71. The molecule has 10 aromatic carbocycles. The summed E-state index contributed by atoms with van der Waals surface area (Å²) in [5.41, 5.74) is -23.4. The minimum Gasteiger partial charge on any atom is -0.496 e. The Bertz CT molecular complexity index is 5620. The summed E-state index contributed by atoms with van der Waals surface area (Å²) in [6, 6.07) is 35.1. The Morgan fingerprint density at radius 2 is 0.648 bits per heavy atom. The van der Waals surface area contributed by atoms with E-state index in [0.29, 0.717) is 65.7 Å². The average molecular weight is 1770 g/mol. The van der Waals surface area contributed by atoms with E-state index < -0.39 is 153 Å². The molecular weight excluding hydrogens is 1690 g/mol. The Kier molecular flexibility index (Phi) is 28.5. The fraction of sp³-hybridized carbons (Fsp3) is 0.218. The van der Waals surface area contributed by atoms with Gasteiger partial charge in [0, 0.05) is 105 Å². The third-order valence-corrected chi connectivity index (χ3v) is 22.0. The predicted molar refractivity (Wildman–Crippen MR) is 430 cm³/mol. The SMILES string of the molecule is COc1cc(Oc2ccc(NC(=O)c3ccc(C(c4ccc(C(=O)O)c(C(=O)Nc5ccc(Oc6cc(Oc7ccc(NC(=O)c8ccc(C(c9ccc(C(=O)O)c(C(=O)NCCC[Si](OC)(OC)OC)c9)(C(F)(F)F)C(F)(F)F)cc8)cc7)cc(OC(C)C)c6)cc5)c4)(C(F)(F)F)C(F)(F)F)cc3C(=O)O)cc2)cc(Oc2ccc(NC(=O)C(C)C)cc2)c1. The van der Waals surface area contributed by atoms with Gasteiger partial charge in [0.1, 0.15) is 57.5 Å². The summed E-state index contributed by atoms with van der Waals surface area (Å²) in [7, 11) is 2.11. The third-order valence-electron chi connectivity index (χ3n) is 19.2. The van der Waals surface area contributed by atoms with E-state index in [1.165, 1.54) is 119 Å². The number of rotatable bonds is 34. The van der Waals surface area contributed by atoms with Gasteiger partial charge in [0.25, 0.3) is 23.6 Å². The van der Waals surface area contributed by atoms with Gasteiger partial charge in [-0.05, 0) is 188 Å². The normalized spacial score (nSPS) is 12.0. The number of ether oxygens (including phenoxy) is 6. The van der Waals surface area contributed by atoms with Crippen LogP contribution in [0.5, 0.6) is 57.5 Å². The second-order valence-electron chi connectivity index (χ2n) is 28.1. The molecule has 38 heteroatoms. The highest BCUT2D eigenvalue weighted by Gasteiger charge is 2.74. The van der Waals surface area contributed by atoms with E-state index in [4.69, 9.17) is 41.7 Å². The second kappa shape index (κ2) is 38.2. The van der Waals surface area contributed by atoms with E-state index >= 15 is 52.7 Å². The van der Waals surface area contributed by atoms with E-state index in [2.05, 4.69) is 26.6 Å². The maximum Gasteiger partial charge on any atom is 0.500 e. The molecule has 0 spiro atoms. The number of halogens is 12. The Morgan fingerprint density at radius 1 is 0.336 bits per heavy atom. The first-order chi connectivity index (χ1) is 58.9. The van der Waals surface area contributed by atoms with Crippen LogP contribution in [0, 0.1) is 5.92 Å². The van der Waals surface area contributed by atoms with Crippen LogP contribution in [0.4, 0.5) is 75.4 Å². The minimum atomic E-state index is -6.46. The monoisotopic (exact) mass is 1770 g/mol. The highest BCUT2D eigenvalue weighted by atomic mass is 28.4. The Balaban J connectivity index is 0.816. The standard InChI is InChI=1S/C87H75F12N5O20Si/c1-47(2)74(105)101-54-17-25-58(26-18-54)121-64-41-62(116-5)42-65(45-64)122-59-29-21-56(22-30-59)103-77(108)68-33-14-53(40-73(68)81(114)115)83(86(94,95)96,87(97,98)99)52-16-35-70(80(112)113)72(39-52)78(109)104-57-23-31-61(32-24-57)124-67-44-63(120-48(3)4)43-66(46-67)123-60-27-19-55(20-28-60)102-75(106)49-10-12-50(13-11-49)82(84(88,89)90,85(91,92)93)51-15-34-69(79(110)111)71(38-51)76(107)100-36-9-37-125(117-6,118-7)119-8/h10-35,38-48H,9,36-37H2,1-8H3,(H,100,107)(H,101,105)(H,102,106)(H,103,108)(H,104,109)(H,110,111)(H,112,113)(H,114,115). The van der Waals surface area contributed by atoms with Gasteiger partial charge in [-0.25, -0.2) is 14.4 Å². The Morgan fingerprint density at radius 3 is 0.992 bits per heavy atom. The van der Waals surface area contributed by atoms with Crippen LogP contribution in [0.2, 0.25) is 6.04 Å². The smallest absolute Gasteiger partial charge is 0.496 e. The summed E-state index contributed by atoms with van der Waals surface area (Å²) in [5, 5.41) is 42.5. The number of carboxylic acids is 3. The van der Waals surface area contributed by atoms with Crippen molar-refractivity contribution in [3.8, 4) is 57.5 Å². The number of nitrogens with one attached hydrogen (secondary N) is 5. The quantitative estimate of drug-likeness (QED) is 0.0105. The fourth-order valence-electron chi connectivity index (χ4n) is 13.1. The molecule has 125 heavy (non-hydrogen) atoms. The first kappa shape index (κ1) is 93.3. The maximum atomic E-state index is 15.8. The molecule has 8 N–H and O–H groups in total. The molecule has 0 bridgehead atoms. The van der Waals surface area contributed by atoms with Crippen molar-refractivity contribution >= 4 is 79.0 Å². The Labute approximate surface area is 704 Å². The molecule has 0 atom stereocenters. The van der Waals surface area contributed by atoms with Gasteiger partial charge < -0.3 is 83.6 Å². The van der Waals surface area contributed by atoms with Gasteiger partial charge >= 0.3 is 51.4 Å². The third kappa shape index (κ3) is 21.2. The first-order valence-corrected chi connectivity index (χ1v) is 39.1. The van der Waals surface area contributed by atoms with E-state index in [1.54, 1.807) is 58.0 Å². The molecule has 0 radical (unpaired) electrons. The summed E-state index contributed by atoms with van der Waals surface area (Å²) >= 11 is 0.